The Hall–Kier alpha value is -3.25. The van der Waals surface area contributed by atoms with Crippen LogP contribution in [0.1, 0.15) is 24.1 Å². The number of aromatic nitrogens is 2. The highest BCUT2D eigenvalue weighted by Crippen LogP contribution is 2.32. The van der Waals surface area contributed by atoms with E-state index in [-0.39, 0.29) is 11.5 Å². The number of nitrogens with one attached hydrogen (secondary N) is 1. The molecule has 0 aliphatic rings. The second-order valence-electron chi connectivity index (χ2n) is 7.12. The highest BCUT2D eigenvalue weighted by atomic mass is 32.1. The van der Waals surface area contributed by atoms with Crippen LogP contribution in [0.5, 0.6) is 0 Å². The van der Waals surface area contributed by atoms with Gasteiger partial charge in [0.15, 0.2) is 0 Å². The van der Waals surface area contributed by atoms with Gasteiger partial charge in [0, 0.05) is 16.6 Å². The molecule has 2 heterocycles. The molecule has 0 aliphatic carbocycles. The molecule has 2 aromatic heterocycles. The summed E-state index contributed by atoms with van der Waals surface area (Å²) in [4.78, 5) is 31.1. The van der Waals surface area contributed by atoms with Crippen LogP contribution in [0.15, 0.2) is 65.0 Å². The minimum absolute atomic E-state index is 0.208. The monoisotopic (exact) mass is 403 g/mol. The van der Waals surface area contributed by atoms with Gasteiger partial charge in [0.1, 0.15) is 10.9 Å². The highest BCUT2D eigenvalue weighted by Gasteiger charge is 2.20. The largest absolute Gasteiger partial charge is 0.324 e. The molecule has 0 spiro atoms. The zero-order chi connectivity index (χ0) is 20.5. The number of thiophene rings is 1. The molecule has 1 amide bonds. The number of para-hydroxylation sites is 1. The molecule has 0 saturated heterocycles. The quantitative estimate of drug-likeness (QED) is 0.525. The lowest BCUT2D eigenvalue weighted by Gasteiger charge is -2.15. The fourth-order valence-corrected chi connectivity index (χ4v) is 4.14. The molecule has 29 heavy (non-hydrogen) atoms. The van der Waals surface area contributed by atoms with Crippen molar-refractivity contribution in [3.8, 4) is 11.1 Å². The summed E-state index contributed by atoms with van der Waals surface area (Å²) in [6.07, 6.45) is 1.46. The van der Waals surface area contributed by atoms with E-state index < -0.39 is 6.04 Å². The van der Waals surface area contributed by atoms with Gasteiger partial charge in [-0.2, -0.15) is 0 Å². The van der Waals surface area contributed by atoms with Gasteiger partial charge in [0.05, 0.1) is 11.7 Å². The van der Waals surface area contributed by atoms with E-state index in [1.54, 1.807) is 6.92 Å². The molecular formula is C23H21N3O2S. The number of carbonyl (C=O) groups excluding carboxylic acids is 1. The number of benzene rings is 2. The molecule has 1 N–H and O–H groups in total. The number of aryl methyl sites for hydroxylation is 2. The van der Waals surface area contributed by atoms with Crippen LogP contribution in [0.2, 0.25) is 0 Å². The first kappa shape index (κ1) is 19.1. The van der Waals surface area contributed by atoms with E-state index >= 15 is 0 Å². The van der Waals surface area contributed by atoms with Gasteiger partial charge in [0.25, 0.3) is 5.56 Å². The van der Waals surface area contributed by atoms with Crippen molar-refractivity contribution in [2.24, 2.45) is 0 Å². The summed E-state index contributed by atoms with van der Waals surface area (Å²) in [7, 11) is 0. The Morgan fingerprint density at radius 1 is 1.10 bits per heavy atom. The number of amides is 1. The topological polar surface area (TPSA) is 64.0 Å². The predicted octanol–water partition coefficient (Wildman–Crippen LogP) is 4.94. The van der Waals surface area contributed by atoms with E-state index in [0.717, 1.165) is 11.1 Å². The molecule has 1 atom stereocenters. The van der Waals surface area contributed by atoms with Crippen LogP contribution in [-0.4, -0.2) is 15.5 Å². The maximum atomic E-state index is 13.3. The number of hydrogen-bond donors (Lipinski definition) is 1. The molecule has 4 rings (SSSR count). The number of anilines is 1. The van der Waals surface area contributed by atoms with Gasteiger partial charge >= 0.3 is 0 Å². The lowest BCUT2D eigenvalue weighted by Crippen LogP contribution is -2.31. The third-order valence-corrected chi connectivity index (χ3v) is 6.06. The summed E-state index contributed by atoms with van der Waals surface area (Å²) in [6, 6.07) is 14.7. The van der Waals surface area contributed by atoms with Gasteiger partial charge in [-0.3, -0.25) is 14.2 Å². The van der Waals surface area contributed by atoms with Gasteiger partial charge < -0.3 is 5.32 Å². The number of nitrogens with zero attached hydrogens (tertiary/aromatic N) is 2. The van der Waals surface area contributed by atoms with Crippen molar-refractivity contribution in [2.45, 2.75) is 26.8 Å². The molecule has 0 bridgehead atoms. The van der Waals surface area contributed by atoms with Crippen molar-refractivity contribution in [2.75, 3.05) is 5.32 Å². The summed E-state index contributed by atoms with van der Waals surface area (Å²) in [5.41, 5.74) is 4.70. The van der Waals surface area contributed by atoms with Crippen LogP contribution in [0, 0.1) is 13.8 Å². The number of rotatable bonds is 4. The third kappa shape index (κ3) is 3.59. The molecule has 146 valence electrons. The first-order valence-electron chi connectivity index (χ1n) is 9.37. The van der Waals surface area contributed by atoms with E-state index in [0.29, 0.717) is 15.9 Å². The lowest BCUT2D eigenvalue weighted by atomic mass is 10.0. The van der Waals surface area contributed by atoms with Crippen LogP contribution < -0.4 is 10.9 Å². The van der Waals surface area contributed by atoms with Crippen LogP contribution in [0.25, 0.3) is 21.3 Å². The second kappa shape index (κ2) is 7.64. The van der Waals surface area contributed by atoms with E-state index in [4.69, 9.17) is 0 Å². The SMILES string of the molecule is Cc1ccc(-c2csc3ncn(C(C)C(=O)Nc4ccccc4)c(=O)c23)cc1C. The van der Waals surface area contributed by atoms with Crippen molar-refractivity contribution in [3.63, 3.8) is 0 Å². The normalized spacial score (nSPS) is 12.1. The van der Waals surface area contributed by atoms with Gasteiger partial charge in [-0.1, -0.05) is 36.4 Å². The highest BCUT2D eigenvalue weighted by molar-refractivity contribution is 7.17. The molecule has 4 aromatic rings. The molecule has 0 aliphatic heterocycles. The first-order chi connectivity index (χ1) is 14.0. The smallest absolute Gasteiger partial charge is 0.263 e. The summed E-state index contributed by atoms with van der Waals surface area (Å²) in [6.45, 7) is 5.82. The van der Waals surface area contributed by atoms with Crippen molar-refractivity contribution in [1.82, 2.24) is 9.55 Å². The van der Waals surface area contributed by atoms with Gasteiger partial charge in [-0.25, -0.2) is 4.98 Å². The summed E-state index contributed by atoms with van der Waals surface area (Å²) >= 11 is 1.44. The fourth-order valence-electron chi connectivity index (χ4n) is 3.24. The van der Waals surface area contributed by atoms with E-state index in [2.05, 4.69) is 36.3 Å². The Morgan fingerprint density at radius 2 is 1.86 bits per heavy atom. The third-order valence-electron chi connectivity index (χ3n) is 5.18. The Labute approximate surface area is 172 Å². The number of hydrogen-bond acceptors (Lipinski definition) is 4. The maximum Gasteiger partial charge on any atom is 0.263 e. The molecule has 5 nitrogen and oxygen atoms in total. The van der Waals surface area contributed by atoms with Crippen LogP contribution in [-0.2, 0) is 4.79 Å². The molecular weight excluding hydrogens is 382 g/mol. The van der Waals surface area contributed by atoms with Crippen molar-refractivity contribution in [3.05, 3.63) is 81.7 Å². The second-order valence-corrected chi connectivity index (χ2v) is 7.97. The van der Waals surface area contributed by atoms with Gasteiger partial charge in [0.2, 0.25) is 5.91 Å². The molecule has 2 aromatic carbocycles. The standard InChI is InChI=1S/C23H21N3O2S/c1-14-9-10-17(11-15(14)2)19-12-29-22-20(19)23(28)26(13-24-22)16(3)21(27)25-18-7-5-4-6-8-18/h4-13,16H,1-3H3,(H,25,27). The van der Waals surface area contributed by atoms with Crippen molar-refractivity contribution >= 4 is 33.1 Å². The van der Waals surface area contributed by atoms with Crippen molar-refractivity contribution in [1.29, 1.82) is 0 Å². The fraction of sp³-hybridized carbons (Fsp3) is 0.174. The Kier molecular flexibility index (Phi) is 5.03. The summed E-state index contributed by atoms with van der Waals surface area (Å²) in [5.74, 6) is -0.262. The Bertz CT molecular complexity index is 1260. The minimum atomic E-state index is -0.688. The van der Waals surface area contributed by atoms with E-state index in [9.17, 15) is 9.59 Å². The van der Waals surface area contributed by atoms with Gasteiger partial charge in [-0.15, -0.1) is 11.3 Å². The van der Waals surface area contributed by atoms with E-state index in [1.807, 2.05) is 41.8 Å². The zero-order valence-corrected chi connectivity index (χ0v) is 17.3. The van der Waals surface area contributed by atoms with Gasteiger partial charge in [-0.05, 0) is 49.6 Å². The first-order valence-corrected chi connectivity index (χ1v) is 10.3. The molecule has 0 saturated carbocycles. The lowest BCUT2D eigenvalue weighted by molar-refractivity contribution is -0.118. The van der Waals surface area contributed by atoms with E-state index in [1.165, 1.54) is 33.4 Å². The maximum absolute atomic E-state index is 13.3. The van der Waals surface area contributed by atoms with Crippen LogP contribution in [0.3, 0.4) is 0 Å². The van der Waals surface area contributed by atoms with Crippen LogP contribution in [0.4, 0.5) is 5.69 Å². The molecule has 1 unspecified atom stereocenters. The average Bonchev–Trinajstić information content (AvgIpc) is 3.16. The van der Waals surface area contributed by atoms with Crippen molar-refractivity contribution < 1.29 is 4.79 Å². The molecule has 0 radical (unpaired) electrons. The number of fused-ring (bicyclic) bond motifs is 1. The van der Waals surface area contributed by atoms with Crippen LogP contribution >= 0.6 is 11.3 Å². The Morgan fingerprint density at radius 3 is 2.59 bits per heavy atom. The Balaban J connectivity index is 1.74. The number of carbonyl (C=O) groups is 1. The average molecular weight is 404 g/mol. The zero-order valence-electron chi connectivity index (χ0n) is 16.5. The summed E-state index contributed by atoms with van der Waals surface area (Å²) < 4.78 is 1.40. The molecule has 0 fully saturated rings. The predicted molar refractivity (Wildman–Crippen MR) is 119 cm³/mol. The summed E-state index contributed by atoms with van der Waals surface area (Å²) in [5, 5.41) is 5.36. The molecule has 6 heteroatoms. The minimum Gasteiger partial charge on any atom is -0.324 e.